The number of nitriles is 1. The van der Waals surface area contributed by atoms with Crippen LogP contribution in [0.5, 0.6) is 0 Å². The molecule has 1 aliphatic carbocycles. The maximum Gasteiger partial charge on any atom is 0.191 e. The average molecular weight is 305 g/mol. The van der Waals surface area contributed by atoms with Gasteiger partial charge in [-0.1, -0.05) is 18.2 Å². The van der Waals surface area contributed by atoms with Gasteiger partial charge in [-0.05, 0) is 45.6 Å². The van der Waals surface area contributed by atoms with Gasteiger partial charge >= 0.3 is 0 Å². The van der Waals surface area contributed by atoms with E-state index in [-0.39, 0.29) is 5.54 Å². The van der Waals surface area contributed by atoms with Gasteiger partial charge in [0.25, 0.3) is 0 Å². The van der Waals surface area contributed by atoms with Crippen LogP contribution < -0.4 is 5.32 Å². The van der Waals surface area contributed by atoms with E-state index in [1.54, 1.807) is 0 Å². The molecule has 1 aromatic rings. The van der Waals surface area contributed by atoms with E-state index in [4.69, 9.17) is 0 Å². The van der Waals surface area contributed by atoms with Crippen molar-refractivity contribution in [2.24, 2.45) is 0 Å². The van der Waals surface area contributed by atoms with E-state index >= 15 is 0 Å². The van der Waals surface area contributed by atoms with Crippen molar-refractivity contribution < 1.29 is 0 Å². The van der Waals surface area contributed by atoms with Crippen molar-refractivity contribution in [2.75, 3.05) is 7.05 Å². The first kappa shape index (κ1) is 14.9. The Balaban J connectivity index is 1.72. The topological polar surface area (TPSA) is 66.5 Å². The minimum atomic E-state index is -0.350. The molecule has 6 heteroatoms. The van der Waals surface area contributed by atoms with Gasteiger partial charge in [0.05, 0.1) is 6.07 Å². The van der Waals surface area contributed by atoms with E-state index in [2.05, 4.69) is 26.2 Å². The number of nitrogens with one attached hydrogen (secondary N) is 1. The highest BCUT2D eigenvalue weighted by molar-refractivity contribution is 7.99. The van der Waals surface area contributed by atoms with Crippen LogP contribution in [0.15, 0.2) is 5.16 Å². The van der Waals surface area contributed by atoms with Crippen LogP contribution >= 0.6 is 11.8 Å². The minimum Gasteiger partial charge on any atom is -0.306 e. The second kappa shape index (κ2) is 6.37. The molecule has 21 heavy (non-hydrogen) atoms. The van der Waals surface area contributed by atoms with Crippen molar-refractivity contribution in [3.63, 3.8) is 0 Å². The van der Waals surface area contributed by atoms with Gasteiger partial charge in [-0.2, -0.15) is 5.26 Å². The summed E-state index contributed by atoms with van der Waals surface area (Å²) in [7, 11) is 1.90. The van der Waals surface area contributed by atoms with E-state index in [0.29, 0.717) is 5.25 Å². The highest BCUT2D eigenvalue weighted by Gasteiger charge is 2.36. The highest BCUT2D eigenvalue weighted by Crippen LogP contribution is 2.38. The summed E-state index contributed by atoms with van der Waals surface area (Å²) in [6.07, 6.45) is 8.91. The third kappa shape index (κ3) is 3.09. The van der Waals surface area contributed by atoms with Gasteiger partial charge in [0, 0.05) is 18.2 Å². The van der Waals surface area contributed by atoms with Crippen molar-refractivity contribution >= 4 is 11.8 Å². The van der Waals surface area contributed by atoms with Crippen LogP contribution in [0.25, 0.3) is 0 Å². The Morgan fingerprint density at radius 2 is 2.24 bits per heavy atom. The lowest BCUT2D eigenvalue weighted by Crippen LogP contribution is -2.46. The molecule has 0 radical (unpaired) electrons. The van der Waals surface area contributed by atoms with Gasteiger partial charge in [0.2, 0.25) is 0 Å². The number of hydrogen-bond donors (Lipinski definition) is 1. The number of nitrogens with zero attached hydrogens (tertiary/aromatic N) is 4. The third-order valence-corrected chi connectivity index (χ3v) is 5.99. The number of rotatable bonds is 3. The molecule has 2 aliphatic rings. The molecule has 5 nitrogen and oxygen atoms in total. The first-order valence-corrected chi connectivity index (χ1v) is 8.83. The minimum absolute atomic E-state index is 0.350. The molecule has 3 rings (SSSR count). The summed E-state index contributed by atoms with van der Waals surface area (Å²) in [6.45, 7) is 1.05. The molecule has 0 bridgehead atoms. The molecule has 1 aliphatic heterocycles. The largest absolute Gasteiger partial charge is 0.306 e. The van der Waals surface area contributed by atoms with Gasteiger partial charge < -0.3 is 9.88 Å². The fraction of sp³-hybridized carbons (Fsp3) is 0.800. The van der Waals surface area contributed by atoms with Crippen LogP contribution in [0.2, 0.25) is 0 Å². The second-order valence-corrected chi connectivity index (χ2v) is 7.41. The number of aromatic nitrogens is 3. The molecule has 2 unspecified atom stereocenters. The zero-order valence-corrected chi connectivity index (χ0v) is 13.5. The molecule has 0 amide bonds. The molecule has 2 heterocycles. The molecule has 0 aromatic carbocycles. The third-order valence-electron chi connectivity index (χ3n) is 4.75. The van der Waals surface area contributed by atoms with Crippen LogP contribution in [-0.4, -0.2) is 32.6 Å². The van der Waals surface area contributed by atoms with E-state index in [1.807, 2.05) is 18.8 Å². The first-order chi connectivity index (χ1) is 10.3. The van der Waals surface area contributed by atoms with Gasteiger partial charge in [0.15, 0.2) is 5.16 Å². The van der Waals surface area contributed by atoms with Gasteiger partial charge in [0.1, 0.15) is 11.4 Å². The van der Waals surface area contributed by atoms with Crippen molar-refractivity contribution in [3.05, 3.63) is 5.82 Å². The quantitative estimate of drug-likeness (QED) is 0.929. The normalized spacial score (nSPS) is 29.4. The Morgan fingerprint density at radius 1 is 1.33 bits per heavy atom. The zero-order valence-electron chi connectivity index (χ0n) is 12.6. The predicted molar refractivity (Wildman–Crippen MR) is 83.1 cm³/mol. The first-order valence-electron chi connectivity index (χ1n) is 7.95. The maximum atomic E-state index is 9.46. The lowest BCUT2D eigenvalue weighted by atomic mass is 9.83. The molecular weight excluding hydrogens is 282 g/mol. The van der Waals surface area contributed by atoms with Crippen molar-refractivity contribution in [1.29, 1.82) is 5.26 Å². The van der Waals surface area contributed by atoms with Crippen molar-refractivity contribution in [3.8, 4) is 6.07 Å². The SMILES string of the molecule is CNC1(C#N)CCCC(Sc2nnc3n2CCCCC3)C1. The summed E-state index contributed by atoms with van der Waals surface area (Å²) < 4.78 is 2.31. The second-order valence-electron chi connectivity index (χ2n) is 6.14. The highest BCUT2D eigenvalue weighted by atomic mass is 32.2. The summed E-state index contributed by atoms with van der Waals surface area (Å²) in [6, 6.07) is 2.48. The smallest absolute Gasteiger partial charge is 0.191 e. The summed E-state index contributed by atoms with van der Waals surface area (Å²) in [5.74, 6) is 1.14. The van der Waals surface area contributed by atoms with Gasteiger partial charge in [-0.25, -0.2) is 0 Å². The van der Waals surface area contributed by atoms with E-state index < -0.39 is 0 Å². The lowest BCUT2D eigenvalue weighted by molar-refractivity contribution is 0.323. The van der Waals surface area contributed by atoms with Crippen LogP contribution in [0.1, 0.15) is 50.8 Å². The lowest BCUT2D eigenvalue weighted by Gasteiger charge is -2.34. The molecule has 0 saturated heterocycles. The summed E-state index contributed by atoms with van der Waals surface area (Å²) in [5, 5.41) is 23.0. The maximum absolute atomic E-state index is 9.46. The van der Waals surface area contributed by atoms with Crippen LogP contribution in [-0.2, 0) is 13.0 Å². The molecule has 1 aromatic heterocycles. The Hall–Kier alpha value is -1.06. The number of thioether (sulfide) groups is 1. The number of hydrogen-bond acceptors (Lipinski definition) is 5. The van der Waals surface area contributed by atoms with Crippen molar-refractivity contribution in [1.82, 2.24) is 20.1 Å². The molecule has 114 valence electrons. The summed E-state index contributed by atoms with van der Waals surface area (Å²) >= 11 is 1.83. The molecule has 1 saturated carbocycles. The standard InChI is InChI=1S/C15H23N5S/c1-17-15(11-16)8-5-6-12(10-15)21-14-19-18-13-7-3-2-4-9-20(13)14/h12,17H,2-10H2,1H3. The van der Waals surface area contributed by atoms with E-state index in [0.717, 1.165) is 49.6 Å². The van der Waals surface area contributed by atoms with E-state index in [1.165, 1.54) is 19.3 Å². The summed E-state index contributed by atoms with van der Waals surface area (Å²) in [4.78, 5) is 0. The molecular formula is C15H23N5S. The van der Waals surface area contributed by atoms with Crippen LogP contribution in [0, 0.1) is 11.3 Å². The zero-order chi connectivity index (χ0) is 14.7. The van der Waals surface area contributed by atoms with Gasteiger partial charge in [-0.3, -0.25) is 0 Å². The van der Waals surface area contributed by atoms with Crippen molar-refractivity contribution in [2.45, 2.75) is 73.9 Å². The molecule has 2 atom stereocenters. The Morgan fingerprint density at radius 3 is 3.05 bits per heavy atom. The average Bonchev–Trinajstić information content (AvgIpc) is 2.75. The molecule has 1 fully saturated rings. The summed E-state index contributed by atoms with van der Waals surface area (Å²) in [5.41, 5.74) is -0.350. The molecule has 0 spiro atoms. The Bertz CT molecular complexity index is 535. The number of fused-ring (bicyclic) bond motifs is 1. The number of aryl methyl sites for hydroxylation is 1. The fourth-order valence-corrected chi connectivity index (χ4v) is 4.77. The Labute approximate surface area is 130 Å². The van der Waals surface area contributed by atoms with Crippen LogP contribution in [0.3, 0.4) is 0 Å². The van der Waals surface area contributed by atoms with Gasteiger partial charge in [-0.15, -0.1) is 10.2 Å². The Kier molecular flexibility index (Phi) is 4.51. The predicted octanol–water partition coefficient (Wildman–Crippen LogP) is 2.52. The van der Waals surface area contributed by atoms with E-state index in [9.17, 15) is 5.26 Å². The van der Waals surface area contributed by atoms with Crippen LogP contribution in [0.4, 0.5) is 0 Å². The monoisotopic (exact) mass is 305 g/mol. The molecule has 1 N–H and O–H groups in total. The fourth-order valence-electron chi connectivity index (χ4n) is 3.40.